The van der Waals surface area contributed by atoms with Crippen LogP contribution in [0.4, 0.5) is 13.2 Å². The standard InChI is InChI=1S/C11H16F3NO2/c12-11(13,14)9-16-7-2-5-15-6-4-10-3-1-8-17-10/h1,3,8,15H,2,4-7,9H2. The maximum absolute atomic E-state index is 11.7. The molecule has 1 aromatic heterocycles. The first kappa shape index (κ1) is 14.1. The van der Waals surface area contributed by atoms with Gasteiger partial charge in [0.25, 0.3) is 0 Å². The third-order valence-corrected chi connectivity index (χ3v) is 2.04. The van der Waals surface area contributed by atoms with Gasteiger partial charge in [-0.3, -0.25) is 0 Å². The van der Waals surface area contributed by atoms with E-state index >= 15 is 0 Å². The molecule has 1 N–H and O–H groups in total. The summed E-state index contributed by atoms with van der Waals surface area (Å²) in [7, 11) is 0. The van der Waals surface area contributed by atoms with Crippen molar-refractivity contribution in [2.75, 3.05) is 26.3 Å². The number of alkyl halides is 3. The topological polar surface area (TPSA) is 34.4 Å². The van der Waals surface area contributed by atoms with E-state index in [9.17, 15) is 13.2 Å². The fraction of sp³-hybridized carbons (Fsp3) is 0.636. The molecule has 0 radical (unpaired) electrons. The van der Waals surface area contributed by atoms with E-state index in [1.165, 1.54) is 0 Å². The Kier molecular flexibility index (Phi) is 6.07. The molecule has 0 atom stereocenters. The molecule has 0 saturated carbocycles. The molecule has 0 unspecified atom stereocenters. The van der Waals surface area contributed by atoms with E-state index in [-0.39, 0.29) is 6.61 Å². The summed E-state index contributed by atoms with van der Waals surface area (Å²) in [6.45, 7) is 0.331. The quantitative estimate of drug-likeness (QED) is 0.720. The summed E-state index contributed by atoms with van der Waals surface area (Å²) in [5, 5.41) is 3.10. The third kappa shape index (κ3) is 7.82. The van der Waals surface area contributed by atoms with Crippen LogP contribution in [0.15, 0.2) is 22.8 Å². The van der Waals surface area contributed by atoms with E-state index in [1.54, 1.807) is 6.26 Å². The van der Waals surface area contributed by atoms with Gasteiger partial charge in [-0.1, -0.05) is 0 Å². The molecule has 0 aliphatic carbocycles. The van der Waals surface area contributed by atoms with Crippen LogP contribution in [0, 0.1) is 0 Å². The Morgan fingerprint density at radius 1 is 1.29 bits per heavy atom. The summed E-state index contributed by atoms with van der Waals surface area (Å²) in [5.41, 5.74) is 0. The summed E-state index contributed by atoms with van der Waals surface area (Å²) in [6, 6.07) is 3.70. The van der Waals surface area contributed by atoms with Crippen molar-refractivity contribution in [1.82, 2.24) is 5.32 Å². The lowest BCUT2D eigenvalue weighted by Gasteiger charge is -2.07. The molecular weight excluding hydrogens is 235 g/mol. The first-order chi connectivity index (χ1) is 8.08. The first-order valence-corrected chi connectivity index (χ1v) is 5.45. The summed E-state index contributed by atoms with van der Waals surface area (Å²) >= 11 is 0. The maximum Gasteiger partial charge on any atom is 0.411 e. The highest BCUT2D eigenvalue weighted by molar-refractivity contribution is 4.98. The molecule has 0 saturated heterocycles. The van der Waals surface area contributed by atoms with Gasteiger partial charge in [0.15, 0.2) is 0 Å². The number of hydrogen-bond donors (Lipinski definition) is 1. The van der Waals surface area contributed by atoms with Crippen molar-refractivity contribution in [1.29, 1.82) is 0 Å². The van der Waals surface area contributed by atoms with E-state index in [1.807, 2.05) is 12.1 Å². The zero-order chi connectivity index (χ0) is 12.6. The van der Waals surface area contributed by atoms with Gasteiger partial charge >= 0.3 is 6.18 Å². The molecule has 0 aromatic carbocycles. The smallest absolute Gasteiger partial charge is 0.411 e. The zero-order valence-electron chi connectivity index (χ0n) is 9.43. The van der Waals surface area contributed by atoms with Gasteiger partial charge < -0.3 is 14.5 Å². The Morgan fingerprint density at radius 3 is 2.76 bits per heavy atom. The highest BCUT2D eigenvalue weighted by atomic mass is 19.4. The van der Waals surface area contributed by atoms with Gasteiger partial charge in [0.1, 0.15) is 12.4 Å². The minimum Gasteiger partial charge on any atom is -0.469 e. The molecule has 0 bridgehead atoms. The van der Waals surface area contributed by atoms with Crippen LogP contribution in [0.2, 0.25) is 0 Å². The Bertz CT molecular complexity index is 285. The number of rotatable bonds is 8. The summed E-state index contributed by atoms with van der Waals surface area (Å²) < 4.78 is 44.7. The van der Waals surface area contributed by atoms with Gasteiger partial charge in [-0.25, -0.2) is 0 Å². The van der Waals surface area contributed by atoms with E-state index in [0.29, 0.717) is 13.0 Å². The molecule has 0 fully saturated rings. The van der Waals surface area contributed by atoms with E-state index in [0.717, 1.165) is 18.7 Å². The molecule has 0 amide bonds. The molecule has 17 heavy (non-hydrogen) atoms. The van der Waals surface area contributed by atoms with Gasteiger partial charge in [-0.05, 0) is 25.1 Å². The molecule has 6 heteroatoms. The van der Waals surface area contributed by atoms with Crippen molar-refractivity contribution in [3.05, 3.63) is 24.2 Å². The zero-order valence-corrected chi connectivity index (χ0v) is 9.43. The van der Waals surface area contributed by atoms with Crippen molar-refractivity contribution < 1.29 is 22.3 Å². The third-order valence-electron chi connectivity index (χ3n) is 2.04. The Hall–Kier alpha value is -1.01. The van der Waals surface area contributed by atoms with Gasteiger partial charge in [-0.2, -0.15) is 13.2 Å². The molecule has 0 spiro atoms. The van der Waals surface area contributed by atoms with Crippen LogP contribution in [0.5, 0.6) is 0 Å². The fourth-order valence-corrected chi connectivity index (χ4v) is 1.28. The van der Waals surface area contributed by atoms with Crippen LogP contribution in [0.3, 0.4) is 0 Å². The predicted octanol–water partition coefficient (Wildman–Crippen LogP) is 2.38. The fourth-order valence-electron chi connectivity index (χ4n) is 1.28. The number of nitrogens with one attached hydrogen (secondary N) is 1. The summed E-state index contributed by atoms with van der Waals surface area (Å²) in [5.74, 6) is 0.894. The SMILES string of the molecule is FC(F)(F)COCCCNCCc1ccco1. The van der Waals surface area contributed by atoms with Crippen LogP contribution >= 0.6 is 0 Å². The largest absolute Gasteiger partial charge is 0.469 e. The molecular formula is C11H16F3NO2. The molecule has 0 aliphatic heterocycles. The molecule has 3 nitrogen and oxygen atoms in total. The van der Waals surface area contributed by atoms with Gasteiger partial charge in [-0.15, -0.1) is 0 Å². The van der Waals surface area contributed by atoms with Crippen LogP contribution in [-0.2, 0) is 11.2 Å². The van der Waals surface area contributed by atoms with E-state index in [2.05, 4.69) is 10.1 Å². The van der Waals surface area contributed by atoms with Gasteiger partial charge in [0.05, 0.1) is 6.26 Å². The van der Waals surface area contributed by atoms with Crippen LogP contribution in [-0.4, -0.2) is 32.5 Å². The lowest BCUT2D eigenvalue weighted by molar-refractivity contribution is -0.173. The van der Waals surface area contributed by atoms with Crippen LogP contribution in [0.1, 0.15) is 12.2 Å². The van der Waals surface area contributed by atoms with E-state index < -0.39 is 12.8 Å². The van der Waals surface area contributed by atoms with Crippen molar-refractivity contribution in [3.63, 3.8) is 0 Å². The lowest BCUT2D eigenvalue weighted by atomic mass is 10.3. The molecule has 0 aliphatic rings. The normalized spacial score (nSPS) is 11.9. The monoisotopic (exact) mass is 251 g/mol. The minimum absolute atomic E-state index is 0.118. The highest BCUT2D eigenvalue weighted by Crippen LogP contribution is 2.14. The highest BCUT2D eigenvalue weighted by Gasteiger charge is 2.27. The van der Waals surface area contributed by atoms with Crippen molar-refractivity contribution in [3.8, 4) is 0 Å². The van der Waals surface area contributed by atoms with Crippen molar-refractivity contribution in [2.45, 2.75) is 19.0 Å². The maximum atomic E-state index is 11.7. The number of furan rings is 1. The predicted molar refractivity (Wildman–Crippen MR) is 56.8 cm³/mol. The molecule has 98 valence electrons. The van der Waals surface area contributed by atoms with Gasteiger partial charge in [0, 0.05) is 19.6 Å². The Balaban J connectivity index is 1.85. The van der Waals surface area contributed by atoms with Crippen LogP contribution < -0.4 is 5.32 Å². The number of halogens is 3. The number of hydrogen-bond acceptors (Lipinski definition) is 3. The minimum atomic E-state index is -4.23. The number of ether oxygens (including phenoxy) is 1. The molecule has 1 aromatic rings. The van der Waals surface area contributed by atoms with Crippen molar-refractivity contribution >= 4 is 0 Å². The van der Waals surface area contributed by atoms with E-state index in [4.69, 9.17) is 4.42 Å². The van der Waals surface area contributed by atoms with Gasteiger partial charge in [0.2, 0.25) is 0 Å². The molecule has 1 rings (SSSR count). The second-order valence-corrected chi connectivity index (χ2v) is 3.60. The Labute approximate surface area is 97.9 Å². The lowest BCUT2D eigenvalue weighted by Crippen LogP contribution is -2.21. The van der Waals surface area contributed by atoms with Crippen molar-refractivity contribution in [2.24, 2.45) is 0 Å². The Morgan fingerprint density at radius 2 is 2.12 bits per heavy atom. The average molecular weight is 251 g/mol. The average Bonchev–Trinajstić information content (AvgIpc) is 2.73. The summed E-state index contributed by atoms with van der Waals surface area (Å²) in [4.78, 5) is 0. The second-order valence-electron chi connectivity index (χ2n) is 3.60. The second kappa shape index (κ2) is 7.34. The van der Waals surface area contributed by atoms with Crippen LogP contribution in [0.25, 0.3) is 0 Å². The first-order valence-electron chi connectivity index (χ1n) is 5.45. The molecule has 1 heterocycles. The summed E-state index contributed by atoms with van der Waals surface area (Å²) in [6.07, 6.45) is -1.28.